The summed E-state index contributed by atoms with van der Waals surface area (Å²) in [6.07, 6.45) is 0.709. The molecule has 1 aliphatic carbocycles. The Hall–Kier alpha value is -10.1. The second-order valence-electron chi connectivity index (χ2n) is 29.8. The van der Waals surface area contributed by atoms with E-state index in [1.54, 1.807) is 13.1 Å². The van der Waals surface area contributed by atoms with Gasteiger partial charge in [0.05, 0.1) is 30.9 Å². The molecule has 11 atom stereocenters. The van der Waals surface area contributed by atoms with Gasteiger partial charge < -0.3 is 66.7 Å². The molecule has 574 valence electrons. The van der Waals surface area contributed by atoms with Gasteiger partial charge >= 0.3 is 12.1 Å². The summed E-state index contributed by atoms with van der Waals surface area (Å²) in [5, 5.41) is 20.1. The van der Waals surface area contributed by atoms with E-state index in [2.05, 4.69) is 63.0 Å². The van der Waals surface area contributed by atoms with Gasteiger partial charge in [-0.15, -0.1) is 11.8 Å². The summed E-state index contributed by atoms with van der Waals surface area (Å²) in [5.41, 5.74) is 13.9. The molecule has 1 aliphatic heterocycles. The largest absolute Gasteiger partial charge is 0.467 e. The first-order valence-electron chi connectivity index (χ1n) is 37.1. The smallest absolute Gasteiger partial charge is 0.407 e. The lowest BCUT2D eigenvalue weighted by molar-refractivity contribution is -0.152. The maximum Gasteiger partial charge on any atom is 0.407 e. The van der Waals surface area contributed by atoms with Crippen molar-refractivity contribution in [1.29, 1.82) is 0 Å². The van der Waals surface area contributed by atoms with Gasteiger partial charge in [0.1, 0.15) is 48.9 Å². The lowest BCUT2D eigenvalue weighted by Gasteiger charge is -2.38. The average molecular weight is 1510 g/mol. The predicted molar refractivity (Wildman–Crippen MR) is 420 cm³/mol. The molecule has 0 saturated carbocycles. The molecule has 0 bridgehead atoms. The van der Waals surface area contributed by atoms with Gasteiger partial charge in [0.2, 0.25) is 47.3 Å². The van der Waals surface area contributed by atoms with Crippen LogP contribution in [0.5, 0.6) is 0 Å². The number of likely N-dealkylation sites (tertiary alicyclic amines) is 1. The van der Waals surface area contributed by atoms with Gasteiger partial charge in [-0.1, -0.05) is 226 Å². The maximum absolute atomic E-state index is 15.4. The van der Waals surface area contributed by atoms with E-state index < -0.39 is 146 Å². The zero-order chi connectivity index (χ0) is 78.2. The van der Waals surface area contributed by atoms with Crippen molar-refractivity contribution in [3.63, 3.8) is 0 Å². The first-order valence-corrected chi connectivity index (χ1v) is 41.0. The number of amides is 9. The number of carbonyl (C=O) groups excluding carboxylic acids is 10. The fourth-order valence-electron chi connectivity index (χ4n) is 13.9. The summed E-state index contributed by atoms with van der Waals surface area (Å²) in [5.74, 6) is -8.69. The zero-order valence-electron chi connectivity index (χ0n) is 63.7. The van der Waals surface area contributed by atoms with Crippen LogP contribution in [0.1, 0.15) is 127 Å². The number of aromatic amines is 1. The Morgan fingerprint density at radius 3 is 1.69 bits per heavy atom. The van der Waals surface area contributed by atoms with E-state index in [1.807, 2.05) is 205 Å². The number of thioether (sulfide) groups is 1. The molecule has 2 aliphatic rings. The molecule has 25 heteroatoms. The Bertz CT molecular complexity index is 4190. The fraction of sp³-hybridized carbons (Fsp3) is 0.422. The summed E-state index contributed by atoms with van der Waals surface area (Å²) in [4.78, 5) is 149. The van der Waals surface area contributed by atoms with E-state index in [4.69, 9.17) is 19.6 Å². The molecule has 7 aromatic rings. The number of methoxy groups -OCH3 is 1. The van der Waals surface area contributed by atoms with Crippen LogP contribution < -0.4 is 43.0 Å². The summed E-state index contributed by atoms with van der Waals surface area (Å²) in [6, 6.07) is 42.7. The Kier molecular flexibility index (Phi) is 27.8. The van der Waals surface area contributed by atoms with Crippen LogP contribution in [-0.2, 0) is 68.2 Å². The topological polar surface area (TPSA) is 328 Å². The van der Waals surface area contributed by atoms with Crippen LogP contribution in [0.2, 0.25) is 18.1 Å². The number of nitrogens with one attached hydrogen (secondary N) is 8. The summed E-state index contributed by atoms with van der Waals surface area (Å²) < 4.78 is 16.8. The highest BCUT2D eigenvalue weighted by Crippen LogP contribution is 2.49. The number of fused-ring (bicyclic) bond motifs is 4. The summed E-state index contributed by atoms with van der Waals surface area (Å²) in [6.45, 7) is 20.3. The zero-order valence-corrected chi connectivity index (χ0v) is 65.5. The normalized spacial score (nSPS) is 16.8. The Labute approximate surface area is 638 Å². The molecule has 9 amide bonds. The number of para-hydroxylation sites is 1. The van der Waals surface area contributed by atoms with Gasteiger partial charge in [-0.2, -0.15) is 0 Å². The molecule has 2 heterocycles. The van der Waals surface area contributed by atoms with Crippen LogP contribution >= 0.6 is 11.8 Å². The molecule has 6 aromatic carbocycles. The van der Waals surface area contributed by atoms with Crippen LogP contribution in [0.15, 0.2) is 170 Å². The lowest BCUT2D eigenvalue weighted by Crippen LogP contribution is -2.60. The minimum atomic E-state index is -2.47. The number of nitrogens with two attached hydrogens (primary N) is 1. The molecule has 108 heavy (non-hydrogen) atoms. The van der Waals surface area contributed by atoms with Crippen LogP contribution in [0.3, 0.4) is 0 Å². The van der Waals surface area contributed by atoms with E-state index in [0.29, 0.717) is 18.4 Å². The third-order valence-electron chi connectivity index (χ3n) is 21.6. The Balaban J connectivity index is 0.929. The lowest BCUT2D eigenvalue weighted by atomic mass is 9.84. The van der Waals surface area contributed by atoms with Gasteiger partial charge in [0.15, 0.2) is 8.32 Å². The van der Waals surface area contributed by atoms with Crippen molar-refractivity contribution in [2.75, 3.05) is 32.6 Å². The number of esters is 1. The van der Waals surface area contributed by atoms with E-state index in [9.17, 15) is 43.2 Å². The number of rotatable bonds is 34. The monoisotopic (exact) mass is 1510 g/mol. The van der Waals surface area contributed by atoms with Gasteiger partial charge in [0, 0.05) is 48.2 Å². The van der Waals surface area contributed by atoms with E-state index in [0.717, 1.165) is 49.8 Å². The van der Waals surface area contributed by atoms with Crippen molar-refractivity contribution in [3.05, 3.63) is 203 Å². The molecule has 10 N–H and O–H groups in total. The number of carbonyl (C=O) groups is 10. The third kappa shape index (κ3) is 19.6. The van der Waals surface area contributed by atoms with Gasteiger partial charge in [-0.3, -0.25) is 38.4 Å². The number of hydrogen-bond donors (Lipinski definition) is 9. The Morgan fingerprint density at radius 1 is 0.611 bits per heavy atom. The first kappa shape index (κ1) is 82.0. The van der Waals surface area contributed by atoms with Crippen LogP contribution in [-0.4, -0.2) is 158 Å². The Morgan fingerprint density at radius 2 is 1.14 bits per heavy atom. The molecule has 1 saturated heterocycles. The number of hydrogen-bond acceptors (Lipinski definition) is 14. The number of benzene rings is 6. The fourth-order valence-corrected chi connectivity index (χ4v) is 16.8. The summed E-state index contributed by atoms with van der Waals surface area (Å²) >= 11 is 1.32. The van der Waals surface area contributed by atoms with Crippen molar-refractivity contribution in [2.24, 2.45) is 23.5 Å². The SMILES string of the molecule is CC[C@H](C)[C@H](C)[C@H](NC(=O)OCC1c2ccccc2-c2ccccc21)C(=O)NC(Cc1c[nH]c2ccccc12)C(=O)NCC(=O)N[C@H](C(=O)N[C@H](C)C(=O)N[C@@H](CSC(c1ccccc1)(c1ccccc1)c1ccccc1)C(=O)N[C@@H](CC(N)=O)C(=O)N1C[C@H](O[Si](C)(C)C(C)(C)C)C[C@H]1C(=O)OC)[C@@H](C)CC. The average Bonchev–Trinajstić information content (AvgIpc) is 1.15. The molecule has 1 unspecified atom stereocenters. The molecule has 0 spiro atoms. The van der Waals surface area contributed by atoms with Crippen molar-refractivity contribution in [3.8, 4) is 11.1 Å². The van der Waals surface area contributed by atoms with Crippen molar-refractivity contribution in [2.45, 2.75) is 172 Å². The number of primary amides is 1. The molecule has 9 rings (SSSR count). The molecule has 1 fully saturated rings. The van der Waals surface area contributed by atoms with Crippen molar-refractivity contribution < 1.29 is 61.8 Å². The molecule has 1 aromatic heterocycles. The van der Waals surface area contributed by atoms with Gasteiger partial charge in [-0.05, 0) is 93.4 Å². The van der Waals surface area contributed by atoms with E-state index in [-0.39, 0.29) is 48.6 Å². The number of alkyl carbamates (subject to hydrolysis) is 1. The second kappa shape index (κ2) is 36.7. The molecular formula is C83H104N10O13SSi. The second-order valence-corrected chi connectivity index (χ2v) is 35.8. The van der Waals surface area contributed by atoms with Crippen LogP contribution in [0, 0.1) is 17.8 Å². The quantitative estimate of drug-likeness (QED) is 0.0103. The van der Waals surface area contributed by atoms with Crippen LogP contribution in [0.4, 0.5) is 4.79 Å². The number of nitrogens with zero attached hydrogens (tertiary/aromatic N) is 1. The third-order valence-corrected chi connectivity index (χ3v) is 27.8. The summed E-state index contributed by atoms with van der Waals surface area (Å²) in [7, 11) is -1.27. The number of aromatic nitrogens is 1. The van der Waals surface area contributed by atoms with E-state index in [1.165, 1.54) is 30.7 Å². The first-order chi connectivity index (χ1) is 51.5. The standard InChI is InChI=1S/C83H104N10O13SSi/c1-13-50(3)52(5)73(92-81(103)105-48-64-62-39-26-24-37-60(62)61-38-25-27-40-63(61)64)78(100)88-66(42-54-45-85-65-41-29-28-36-59(54)65)75(97)86-46-71(95)91-72(51(4)14-2)77(99)87-53(6)74(96)90-68(49-107-83(55-30-18-15-19-31-55,56-32-20-16-21-33-56)57-34-22-17-23-35-57)76(98)89-67(44-70(84)94)79(101)93-47-58(43-69(93)80(102)104-10)106-108(11,12)82(7,8)9/h15-41,45,50-53,58,64,66-69,72-73,85H,13-14,42-44,46-49H2,1-12H3,(H2,84,94)(H,86,97)(H,87,99)(H,88,100)(H,89,98)(H,90,96)(H,91,95)(H,92,103)/t50-,51-,52-,53+,58+,66?,67-,68-,69-,72-,73-/m0/s1. The highest BCUT2D eigenvalue weighted by Gasteiger charge is 2.49. The van der Waals surface area contributed by atoms with Crippen molar-refractivity contribution >= 4 is 90.3 Å². The van der Waals surface area contributed by atoms with Gasteiger partial charge in [-0.25, -0.2) is 9.59 Å². The van der Waals surface area contributed by atoms with E-state index >= 15 is 4.79 Å². The highest BCUT2D eigenvalue weighted by atomic mass is 32.2. The molecule has 0 radical (unpaired) electrons. The highest BCUT2D eigenvalue weighted by molar-refractivity contribution is 8.00. The van der Waals surface area contributed by atoms with Crippen LogP contribution in [0.25, 0.3) is 22.0 Å². The van der Waals surface area contributed by atoms with Crippen molar-refractivity contribution in [1.82, 2.24) is 47.1 Å². The minimum absolute atomic E-state index is 0.00163. The predicted octanol–water partition coefficient (Wildman–Crippen LogP) is 9.67. The molecule has 23 nitrogen and oxygen atoms in total. The molecular weight excluding hydrogens is 1410 g/mol. The number of H-pyrrole nitrogens is 1. The maximum atomic E-state index is 15.4. The number of ether oxygens (including phenoxy) is 2. The minimum Gasteiger partial charge on any atom is -0.467 e. The van der Waals surface area contributed by atoms with Gasteiger partial charge in [0.25, 0.3) is 0 Å².